The minimum atomic E-state index is 0.240. The van der Waals surface area contributed by atoms with Gasteiger partial charge >= 0.3 is 0 Å². The van der Waals surface area contributed by atoms with Gasteiger partial charge in [-0.05, 0) is 52.5 Å². The number of piperazine rings is 1. The second-order valence-electron chi connectivity index (χ2n) is 8.59. The molecule has 0 aromatic carbocycles. The predicted octanol–water partition coefficient (Wildman–Crippen LogP) is 2.96. The molecule has 2 aliphatic rings. The van der Waals surface area contributed by atoms with E-state index >= 15 is 0 Å². The summed E-state index contributed by atoms with van der Waals surface area (Å²) in [5, 5.41) is 3.79. The summed E-state index contributed by atoms with van der Waals surface area (Å²) in [6.07, 6.45) is 6.96. The van der Waals surface area contributed by atoms with Crippen molar-refractivity contribution in [3.8, 4) is 0 Å². The van der Waals surface area contributed by atoms with Crippen LogP contribution >= 0.6 is 0 Å². The lowest BCUT2D eigenvalue weighted by molar-refractivity contribution is 0.0552. The molecule has 0 radical (unpaired) electrons. The summed E-state index contributed by atoms with van der Waals surface area (Å²) in [5.74, 6) is 0. The molecule has 1 aliphatic heterocycles. The van der Waals surface area contributed by atoms with Crippen LogP contribution in [0.2, 0.25) is 0 Å². The largest absolute Gasteiger partial charge is 0.311 e. The van der Waals surface area contributed by atoms with Gasteiger partial charge in [0.15, 0.2) is 0 Å². The average Bonchev–Trinajstić information content (AvgIpc) is 2.87. The lowest BCUT2D eigenvalue weighted by Gasteiger charge is -2.44. The Balaban J connectivity index is 1.93. The van der Waals surface area contributed by atoms with Crippen molar-refractivity contribution in [3.63, 3.8) is 0 Å². The van der Waals surface area contributed by atoms with E-state index in [1.54, 1.807) is 0 Å². The maximum Gasteiger partial charge on any atom is 0.0218 e. The molecule has 124 valence electrons. The van der Waals surface area contributed by atoms with Gasteiger partial charge in [-0.3, -0.25) is 4.90 Å². The predicted molar refractivity (Wildman–Crippen MR) is 91.8 cm³/mol. The molecule has 1 N–H and O–H groups in total. The van der Waals surface area contributed by atoms with Gasteiger partial charge < -0.3 is 10.2 Å². The molecule has 0 aromatic heterocycles. The van der Waals surface area contributed by atoms with E-state index in [-0.39, 0.29) is 5.54 Å². The summed E-state index contributed by atoms with van der Waals surface area (Å²) in [7, 11) is 2.29. The van der Waals surface area contributed by atoms with Gasteiger partial charge in [-0.1, -0.05) is 19.8 Å². The van der Waals surface area contributed by atoms with Crippen molar-refractivity contribution >= 4 is 0 Å². The second-order valence-corrected chi connectivity index (χ2v) is 8.59. The van der Waals surface area contributed by atoms with E-state index in [0.29, 0.717) is 5.41 Å². The highest BCUT2D eigenvalue weighted by molar-refractivity contribution is 4.93. The monoisotopic (exact) mass is 295 g/mol. The topological polar surface area (TPSA) is 18.5 Å². The van der Waals surface area contributed by atoms with Crippen molar-refractivity contribution in [3.05, 3.63) is 0 Å². The van der Waals surface area contributed by atoms with Crippen molar-refractivity contribution in [1.29, 1.82) is 0 Å². The molecule has 1 unspecified atom stereocenters. The fourth-order valence-corrected chi connectivity index (χ4v) is 4.04. The van der Waals surface area contributed by atoms with Crippen LogP contribution in [-0.4, -0.2) is 61.2 Å². The number of hydrogen-bond acceptors (Lipinski definition) is 3. The maximum atomic E-state index is 3.79. The van der Waals surface area contributed by atoms with E-state index in [0.717, 1.165) is 6.04 Å². The molecule has 21 heavy (non-hydrogen) atoms. The lowest BCUT2D eigenvalue weighted by Crippen LogP contribution is -2.55. The highest BCUT2D eigenvalue weighted by Gasteiger charge is 2.37. The summed E-state index contributed by atoms with van der Waals surface area (Å²) in [5.41, 5.74) is 0.769. The maximum absolute atomic E-state index is 3.79. The third-order valence-electron chi connectivity index (χ3n) is 5.55. The molecule has 0 spiro atoms. The number of rotatable bonds is 5. The zero-order chi connectivity index (χ0) is 15.5. The van der Waals surface area contributed by atoms with Crippen LogP contribution in [0.1, 0.15) is 59.8 Å². The minimum Gasteiger partial charge on any atom is -0.311 e. The molecule has 2 rings (SSSR count). The van der Waals surface area contributed by atoms with E-state index < -0.39 is 0 Å². The van der Waals surface area contributed by atoms with Gasteiger partial charge in [0, 0.05) is 44.3 Å². The Labute approximate surface area is 132 Å². The molecular formula is C18H37N3. The Bertz CT molecular complexity index is 315. The molecule has 1 aliphatic carbocycles. The van der Waals surface area contributed by atoms with Crippen LogP contribution in [-0.2, 0) is 0 Å². The van der Waals surface area contributed by atoms with E-state index in [9.17, 15) is 0 Å². The number of hydrogen-bond donors (Lipinski definition) is 1. The molecule has 1 atom stereocenters. The van der Waals surface area contributed by atoms with Gasteiger partial charge in [-0.15, -0.1) is 0 Å². The number of nitrogens with one attached hydrogen (secondary N) is 1. The first-order chi connectivity index (χ1) is 9.84. The first-order valence-corrected chi connectivity index (χ1v) is 9.01. The average molecular weight is 296 g/mol. The molecule has 3 heteroatoms. The molecular weight excluding hydrogens is 258 g/mol. The Morgan fingerprint density at radius 3 is 2.38 bits per heavy atom. The Morgan fingerprint density at radius 2 is 1.81 bits per heavy atom. The third kappa shape index (κ3) is 4.94. The van der Waals surface area contributed by atoms with Crippen LogP contribution in [0.5, 0.6) is 0 Å². The number of likely N-dealkylation sites (N-methyl/N-ethyl adjacent to an activating group) is 1. The molecule has 2 fully saturated rings. The van der Waals surface area contributed by atoms with Crippen LogP contribution in [0.3, 0.4) is 0 Å². The van der Waals surface area contributed by atoms with Crippen molar-refractivity contribution in [2.45, 2.75) is 71.4 Å². The van der Waals surface area contributed by atoms with Crippen LogP contribution < -0.4 is 5.32 Å². The van der Waals surface area contributed by atoms with E-state index in [1.807, 2.05) is 0 Å². The molecule has 1 heterocycles. The number of nitrogens with zero attached hydrogens (tertiary/aromatic N) is 2. The van der Waals surface area contributed by atoms with Gasteiger partial charge in [-0.25, -0.2) is 0 Å². The molecule has 1 saturated carbocycles. The zero-order valence-corrected chi connectivity index (χ0v) is 15.0. The first-order valence-electron chi connectivity index (χ1n) is 9.01. The Kier molecular flexibility index (Phi) is 5.72. The van der Waals surface area contributed by atoms with Gasteiger partial charge in [0.1, 0.15) is 0 Å². The summed E-state index contributed by atoms with van der Waals surface area (Å²) < 4.78 is 0. The molecule has 0 aromatic rings. The van der Waals surface area contributed by atoms with Crippen LogP contribution in [0, 0.1) is 5.41 Å². The summed E-state index contributed by atoms with van der Waals surface area (Å²) >= 11 is 0. The summed E-state index contributed by atoms with van der Waals surface area (Å²) in [6.45, 7) is 15.5. The minimum absolute atomic E-state index is 0.240. The molecule has 1 saturated heterocycles. The van der Waals surface area contributed by atoms with Gasteiger partial charge in [-0.2, -0.15) is 0 Å². The summed E-state index contributed by atoms with van der Waals surface area (Å²) in [4.78, 5) is 5.30. The van der Waals surface area contributed by atoms with Crippen LogP contribution in [0.4, 0.5) is 0 Å². The van der Waals surface area contributed by atoms with Crippen molar-refractivity contribution in [2.75, 3.05) is 39.8 Å². The van der Waals surface area contributed by atoms with E-state index in [2.05, 4.69) is 49.9 Å². The SMILES string of the molecule is CCC1CN(CC2(CNC(C)(C)C)CCCC2)CCN1C. The summed E-state index contributed by atoms with van der Waals surface area (Å²) in [6, 6.07) is 0.757. The molecule has 3 nitrogen and oxygen atoms in total. The lowest BCUT2D eigenvalue weighted by atomic mass is 9.84. The molecule has 0 bridgehead atoms. The van der Waals surface area contributed by atoms with Gasteiger partial charge in [0.05, 0.1) is 0 Å². The van der Waals surface area contributed by atoms with Crippen LogP contribution in [0.25, 0.3) is 0 Å². The van der Waals surface area contributed by atoms with Crippen LogP contribution in [0.15, 0.2) is 0 Å². The Morgan fingerprint density at radius 1 is 1.14 bits per heavy atom. The highest BCUT2D eigenvalue weighted by atomic mass is 15.3. The fraction of sp³-hybridized carbons (Fsp3) is 1.00. The van der Waals surface area contributed by atoms with Crippen molar-refractivity contribution in [1.82, 2.24) is 15.1 Å². The van der Waals surface area contributed by atoms with Crippen molar-refractivity contribution in [2.24, 2.45) is 5.41 Å². The fourth-order valence-electron chi connectivity index (χ4n) is 4.04. The standard InChI is InChI=1S/C18H37N3/c1-6-16-13-21(12-11-20(16)5)15-18(9-7-8-10-18)14-19-17(2,3)4/h16,19H,6-15H2,1-5H3. The van der Waals surface area contributed by atoms with E-state index in [4.69, 9.17) is 0 Å². The zero-order valence-electron chi connectivity index (χ0n) is 15.0. The third-order valence-corrected chi connectivity index (χ3v) is 5.55. The first kappa shape index (κ1) is 17.2. The van der Waals surface area contributed by atoms with Gasteiger partial charge in [0.2, 0.25) is 0 Å². The molecule has 0 amide bonds. The van der Waals surface area contributed by atoms with Crippen molar-refractivity contribution < 1.29 is 0 Å². The van der Waals surface area contributed by atoms with E-state index in [1.165, 1.54) is 64.8 Å². The Hall–Kier alpha value is -0.120. The quantitative estimate of drug-likeness (QED) is 0.841. The highest BCUT2D eigenvalue weighted by Crippen LogP contribution is 2.39. The van der Waals surface area contributed by atoms with Gasteiger partial charge in [0.25, 0.3) is 0 Å². The second kappa shape index (κ2) is 6.97. The smallest absolute Gasteiger partial charge is 0.0218 e. The normalized spacial score (nSPS) is 28.1.